The number of rotatable bonds is 6. The number of anilines is 2. The summed E-state index contributed by atoms with van der Waals surface area (Å²) in [6, 6.07) is 19.3. The summed E-state index contributed by atoms with van der Waals surface area (Å²) in [5, 5.41) is 9.59. The highest BCUT2D eigenvalue weighted by molar-refractivity contribution is 6.14. The van der Waals surface area contributed by atoms with E-state index in [1.54, 1.807) is 12.1 Å². The molecule has 1 atom stereocenters. The molecule has 41 heavy (non-hydrogen) atoms. The molecule has 0 aromatic heterocycles. The Morgan fingerprint density at radius 2 is 1.78 bits per heavy atom. The predicted octanol–water partition coefficient (Wildman–Crippen LogP) is 3.54. The van der Waals surface area contributed by atoms with E-state index in [2.05, 4.69) is 21.2 Å². The van der Waals surface area contributed by atoms with Crippen molar-refractivity contribution in [2.75, 3.05) is 63.8 Å². The van der Waals surface area contributed by atoms with Gasteiger partial charge in [-0.15, -0.1) is 0 Å². The van der Waals surface area contributed by atoms with E-state index >= 15 is 0 Å². The zero-order valence-electron chi connectivity index (χ0n) is 23.5. The topological polar surface area (TPSA) is 105 Å². The number of hydrazone groups is 1. The summed E-state index contributed by atoms with van der Waals surface area (Å²) in [7, 11) is 1.71. The molecule has 1 saturated heterocycles. The van der Waals surface area contributed by atoms with E-state index in [4.69, 9.17) is 25.0 Å². The standard InChI is InChI=1S/C31H36N6O4/c1-21-17-23-18-28-29(41-20-40-28)19-25(23)30(22-7-9-24(32)10-8-22)34-37(21)31(38)33-11-12-35-13-15-36(16-14-35)26-5-3-4-6-27(26)39-2/h3-10,18-19,21H,11-17,20,32H2,1-2H3,(H,33,38). The van der Waals surface area contributed by atoms with Gasteiger partial charge in [0.15, 0.2) is 11.5 Å². The number of carbonyl (C=O) groups excluding carboxylic acids is 1. The van der Waals surface area contributed by atoms with Crippen molar-refractivity contribution in [2.24, 2.45) is 5.10 Å². The number of hydrogen-bond donors (Lipinski definition) is 2. The van der Waals surface area contributed by atoms with Gasteiger partial charge in [0.25, 0.3) is 0 Å². The summed E-state index contributed by atoms with van der Waals surface area (Å²) >= 11 is 0. The summed E-state index contributed by atoms with van der Waals surface area (Å²) < 4.78 is 16.8. The number of nitrogens with two attached hydrogens (primary N) is 1. The van der Waals surface area contributed by atoms with Crippen molar-refractivity contribution in [3.63, 3.8) is 0 Å². The number of benzene rings is 3. The maximum absolute atomic E-state index is 13.5. The molecule has 3 N–H and O–H groups in total. The maximum Gasteiger partial charge on any atom is 0.338 e. The SMILES string of the molecule is COc1ccccc1N1CCN(CCNC(=O)N2N=C(c3ccc(N)cc3)c3cc4c(cc3CC2C)OCO4)CC1. The van der Waals surface area contributed by atoms with Crippen molar-refractivity contribution in [1.82, 2.24) is 15.2 Å². The summed E-state index contributed by atoms with van der Waals surface area (Å²) in [5.41, 5.74) is 11.3. The van der Waals surface area contributed by atoms with Crippen LogP contribution in [0.5, 0.6) is 17.2 Å². The van der Waals surface area contributed by atoms with Gasteiger partial charge in [-0.25, -0.2) is 9.80 Å². The van der Waals surface area contributed by atoms with Gasteiger partial charge in [-0.1, -0.05) is 24.3 Å². The van der Waals surface area contributed by atoms with Crippen LogP contribution < -0.4 is 30.2 Å². The number of piperazine rings is 1. The van der Waals surface area contributed by atoms with E-state index in [9.17, 15) is 4.79 Å². The minimum Gasteiger partial charge on any atom is -0.495 e. The van der Waals surface area contributed by atoms with Crippen LogP contribution >= 0.6 is 0 Å². The molecule has 10 heteroatoms. The number of para-hydroxylation sites is 2. The van der Waals surface area contributed by atoms with Crippen LogP contribution in [0.15, 0.2) is 65.8 Å². The second kappa shape index (κ2) is 11.6. The molecule has 1 unspecified atom stereocenters. The van der Waals surface area contributed by atoms with Crippen LogP contribution in [0.1, 0.15) is 23.6 Å². The average molecular weight is 557 g/mol. The lowest BCUT2D eigenvalue weighted by Crippen LogP contribution is -2.50. The maximum atomic E-state index is 13.5. The number of ether oxygens (including phenoxy) is 3. The molecule has 3 heterocycles. The molecular formula is C31H36N6O4. The summed E-state index contributed by atoms with van der Waals surface area (Å²) in [6.45, 7) is 7.16. The second-order valence-corrected chi connectivity index (χ2v) is 10.6. The van der Waals surface area contributed by atoms with Gasteiger partial charge in [0.1, 0.15) is 5.75 Å². The zero-order chi connectivity index (χ0) is 28.3. The number of urea groups is 1. The number of carbonyl (C=O) groups is 1. The first-order valence-corrected chi connectivity index (χ1v) is 14.0. The molecule has 0 radical (unpaired) electrons. The lowest BCUT2D eigenvalue weighted by Gasteiger charge is -2.36. The van der Waals surface area contributed by atoms with Gasteiger partial charge in [-0.2, -0.15) is 5.10 Å². The first-order valence-electron chi connectivity index (χ1n) is 14.0. The first kappa shape index (κ1) is 26.8. The third-order valence-corrected chi connectivity index (χ3v) is 7.89. The van der Waals surface area contributed by atoms with Gasteiger partial charge in [0, 0.05) is 56.1 Å². The fraction of sp³-hybridized carbons (Fsp3) is 0.355. The van der Waals surface area contributed by atoms with Gasteiger partial charge in [0.2, 0.25) is 6.79 Å². The van der Waals surface area contributed by atoms with Crippen molar-refractivity contribution < 1.29 is 19.0 Å². The van der Waals surface area contributed by atoms with E-state index < -0.39 is 0 Å². The average Bonchev–Trinajstić information content (AvgIpc) is 3.40. The molecule has 3 aliphatic heterocycles. The highest BCUT2D eigenvalue weighted by Gasteiger charge is 2.30. The fourth-order valence-corrected chi connectivity index (χ4v) is 5.64. The number of amides is 2. The van der Waals surface area contributed by atoms with Crippen LogP contribution in [0, 0.1) is 0 Å². The number of fused-ring (bicyclic) bond motifs is 2. The Bertz CT molecular complexity index is 1440. The van der Waals surface area contributed by atoms with E-state index in [0.717, 1.165) is 66.6 Å². The van der Waals surface area contributed by atoms with E-state index in [1.807, 2.05) is 61.5 Å². The van der Waals surface area contributed by atoms with E-state index in [-0.39, 0.29) is 18.9 Å². The Kier molecular flexibility index (Phi) is 7.56. The molecule has 10 nitrogen and oxygen atoms in total. The predicted molar refractivity (Wildman–Crippen MR) is 159 cm³/mol. The van der Waals surface area contributed by atoms with Crippen LogP contribution in [0.25, 0.3) is 0 Å². The van der Waals surface area contributed by atoms with E-state index in [0.29, 0.717) is 30.1 Å². The zero-order valence-corrected chi connectivity index (χ0v) is 23.5. The van der Waals surface area contributed by atoms with Crippen LogP contribution in [0.3, 0.4) is 0 Å². The summed E-state index contributed by atoms with van der Waals surface area (Å²) in [5.74, 6) is 2.30. The van der Waals surface area contributed by atoms with Gasteiger partial charge >= 0.3 is 6.03 Å². The third-order valence-electron chi connectivity index (χ3n) is 7.89. The van der Waals surface area contributed by atoms with Crippen LogP contribution in [-0.2, 0) is 6.42 Å². The third kappa shape index (κ3) is 5.60. The molecule has 0 saturated carbocycles. The Hall–Kier alpha value is -4.44. The van der Waals surface area contributed by atoms with Gasteiger partial charge in [-0.3, -0.25) is 4.90 Å². The van der Waals surface area contributed by atoms with Crippen LogP contribution in [0.2, 0.25) is 0 Å². The lowest BCUT2D eigenvalue weighted by atomic mass is 9.94. The van der Waals surface area contributed by atoms with Crippen LogP contribution in [0.4, 0.5) is 16.2 Å². The lowest BCUT2D eigenvalue weighted by molar-refractivity contribution is 0.174. The molecule has 2 amide bonds. The largest absolute Gasteiger partial charge is 0.495 e. The van der Waals surface area contributed by atoms with Crippen molar-refractivity contribution in [2.45, 2.75) is 19.4 Å². The minimum atomic E-state index is -0.217. The van der Waals surface area contributed by atoms with Crippen molar-refractivity contribution in [3.05, 3.63) is 77.4 Å². The highest BCUT2D eigenvalue weighted by atomic mass is 16.7. The first-order chi connectivity index (χ1) is 20.0. The number of nitrogen functional groups attached to an aromatic ring is 1. The molecule has 0 aliphatic carbocycles. The van der Waals surface area contributed by atoms with E-state index in [1.165, 1.54) is 0 Å². The Morgan fingerprint density at radius 3 is 2.54 bits per heavy atom. The van der Waals surface area contributed by atoms with Gasteiger partial charge in [0.05, 0.1) is 24.6 Å². The monoisotopic (exact) mass is 556 g/mol. The summed E-state index contributed by atoms with van der Waals surface area (Å²) in [6.07, 6.45) is 0.631. The Balaban J connectivity index is 1.13. The normalized spacial score (nSPS) is 18.4. The molecule has 214 valence electrons. The molecule has 6 rings (SSSR count). The molecule has 3 aromatic rings. The molecule has 0 spiro atoms. The smallest absolute Gasteiger partial charge is 0.338 e. The molecule has 3 aliphatic rings. The molecular weight excluding hydrogens is 520 g/mol. The Labute approximate surface area is 240 Å². The fourth-order valence-electron chi connectivity index (χ4n) is 5.64. The van der Waals surface area contributed by atoms with Crippen LogP contribution in [-0.4, -0.2) is 80.9 Å². The van der Waals surface area contributed by atoms with Gasteiger partial charge in [-0.05, 0) is 55.3 Å². The molecule has 1 fully saturated rings. The van der Waals surface area contributed by atoms with Crippen molar-refractivity contribution in [3.8, 4) is 17.2 Å². The number of methoxy groups -OCH3 is 1. The number of hydrogen-bond acceptors (Lipinski definition) is 8. The summed E-state index contributed by atoms with van der Waals surface area (Å²) in [4.78, 5) is 18.2. The van der Waals surface area contributed by atoms with Crippen molar-refractivity contribution >= 4 is 23.1 Å². The minimum absolute atomic E-state index is 0.162. The Morgan fingerprint density at radius 1 is 1.05 bits per heavy atom. The number of nitrogens with zero attached hydrogens (tertiary/aromatic N) is 4. The molecule has 3 aromatic carbocycles. The quantitative estimate of drug-likeness (QED) is 0.448. The number of nitrogens with one attached hydrogen (secondary N) is 1. The highest BCUT2D eigenvalue weighted by Crippen LogP contribution is 2.37. The van der Waals surface area contributed by atoms with Crippen molar-refractivity contribution in [1.29, 1.82) is 0 Å². The van der Waals surface area contributed by atoms with Gasteiger partial charge < -0.3 is 30.2 Å². The molecule has 0 bridgehead atoms. The second-order valence-electron chi connectivity index (χ2n) is 10.6.